The van der Waals surface area contributed by atoms with Crippen LogP contribution < -0.4 is 11.1 Å². The quantitative estimate of drug-likeness (QED) is 0.429. The topological polar surface area (TPSA) is 113 Å². The minimum Gasteiger partial charge on any atom is -0.392 e. The summed E-state index contributed by atoms with van der Waals surface area (Å²) in [7, 11) is 0. The predicted molar refractivity (Wildman–Crippen MR) is 144 cm³/mol. The third-order valence-electron chi connectivity index (χ3n) is 6.17. The number of nitrogens with zero attached hydrogens (tertiary/aromatic N) is 1. The standard InChI is InChI=1S/C20H18Cl2N2O2.C7H8O.CH3NO/c21-13-7-8-15(16(22)11-13)18-10-12-4-1-2-5-14(12)20(26)24(18)17-6-3-9-23-19(17)25;8-6-7-4-2-1-3-5-7;2-1-3/h1-2,4-5,7-8,11,17-18H,3,6,9-10H2,(H,23,25);1-5,8H,6H2;1H,(H2,2,3). The van der Waals surface area contributed by atoms with Gasteiger partial charge in [0.25, 0.3) is 5.91 Å². The Morgan fingerprint density at radius 1 is 1.00 bits per heavy atom. The molecule has 3 aromatic carbocycles. The zero-order valence-corrected chi connectivity index (χ0v) is 21.7. The summed E-state index contributed by atoms with van der Waals surface area (Å²) in [6, 6.07) is 21.6. The number of rotatable bonds is 3. The fourth-order valence-corrected chi connectivity index (χ4v) is 5.02. The van der Waals surface area contributed by atoms with Crippen LogP contribution in [-0.2, 0) is 22.6 Å². The van der Waals surface area contributed by atoms with Crippen LogP contribution in [0.25, 0.3) is 0 Å². The summed E-state index contributed by atoms with van der Waals surface area (Å²) in [4.78, 5) is 36.1. The lowest BCUT2D eigenvalue weighted by atomic mass is 9.87. The van der Waals surface area contributed by atoms with Crippen LogP contribution in [-0.4, -0.2) is 40.8 Å². The average Bonchev–Trinajstić information content (AvgIpc) is 2.91. The van der Waals surface area contributed by atoms with Gasteiger partial charge in [-0.15, -0.1) is 0 Å². The fourth-order valence-electron chi connectivity index (χ4n) is 4.49. The van der Waals surface area contributed by atoms with E-state index in [1.54, 1.807) is 17.0 Å². The Hall–Kier alpha value is -3.39. The van der Waals surface area contributed by atoms with Crippen LogP contribution in [0.2, 0.25) is 10.0 Å². The first-order valence-electron chi connectivity index (χ1n) is 11.8. The van der Waals surface area contributed by atoms with Gasteiger partial charge in [0.15, 0.2) is 0 Å². The summed E-state index contributed by atoms with van der Waals surface area (Å²) in [5.41, 5.74) is 7.58. The molecule has 9 heteroatoms. The lowest BCUT2D eigenvalue weighted by Crippen LogP contribution is -2.55. The fraction of sp³-hybridized carbons (Fsp3) is 0.250. The molecule has 2 heterocycles. The number of benzene rings is 3. The molecular formula is C28H29Cl2N3O4. The highest BCUT2D eigenvalue weighted by Crippen LogP contribution is 2.39. The molecule has 0 bridgehead atoms. The zero-order valence-electron chi connectivity index (χ0n) is 20.1. The van der Waals surface area contributed by atoms with E-state index in [1.165, 1.54) is 0 Å². The van der Waals surface area contributed by atoms with Gasteiger partial charge in [-0.25, -0.2) is 0 Å². The number of halogens is 2. The maximum absolute atomic E-state index is 13.3. The van der Waals surface area contributed by atoms with E-state index in [0.29, 0.717) is 35.0 Å². The molecule has 1 saturated heterocycles. The molecule has 1 fully saturated rings. The molecule has 194 valence electrons. The van der Waals surface area contributed by atoms with Crippen LogP contribution in [0.5, 0.6) is 0 Å². The van der Waals surface area contributed by atoms with Gasteiger partial charge in [-0.05, 0) is 54.2 Å². The monoisotopic (exact) mass is 541 g/mol. The molecule has 0 aromatic heterocycles. The number of amides is 3. The Balaban J connectivity index is 0.000000290. The summed E-state index contributed by atoms with van der Waals surface area (Å²) < 4.78 is 0. The van der Waals surface area contributed by atoms with Crippen LogP contribution in [0.15, 0.2) is 72.8 Å². The van der Waals surface area contributed by atoms with Gasteiger partial charge in [0.2, 0.25) is 12.3 Å². The first-order valence-corrected chi connectivity index (χ1v) is 12.6. The molecule has 0 radical (unpaired) electrons. The van der Waals surface area contributed by atoms with Crippen LogP contribution >= 0.6 is 23.2 Å². The SMILES string of the molecule is NC=O.O=C1NCCCC1N1C(=O)c2ccccc2CC1c1ccc(Cl)cc1Cl.OCc1ccccc1. The van der Waals surface area contributed by atoms with Crippen molar-refractivity contribution in [1.29, 1.82) is 0 Å². The molecular weight excluding hydrogens is 513 g/mol. The molecule has 2 aliphatic heterocycles. The van der Waals surface area contributed by atoms with Crippen LogP contribution in [0, 0.1) is 0 Å². The number of primary amides is 1. The minimum atomic E-state index is -0.485. The van der Waals surface area contributed by atoms with Crippen molar-refractivity contribution in [3.63, 3.8) is 0 Å². The van der Waals surface area contributed by atoms with E-state index in [4.69, 9.17) is 33.1 Å². The summed E-state index contributed by atoms with van der Waals surface area (Å²) in [5, 5.41) is 12.5. The second kappa shape index (κ2) is 13.8. The van der Waals surface area contributed by atoms with E-state index in [-0.39, 0.29) is 30.9 Å². The van der Waals surface area contributed by atoms with Gasteiger partial charge in [-0.1, -0.05) is 77.8 Å². The Kier molecular flexibility index (Phi) is 10.5. The Bertz CT molecular complexity index is 1220. The first-order chi connectivity index (χ1) is 17.9. The van der Waals surface area contributed by atoms with Crippen LogP contribution in [0.1, 0.15) is 45.9 Å². The van der Waals surface area contributed by atoms with Crippen molar-refractivity contribution in [3.05, 3.63) is 105 Å². The van der Waals surface area contributed by atoms with Gasteiger partial charge < -0.3 is 21.1 Å². The average molecular weight is 542 g/mol. The summed E-state index contributed by atoms with van der Waals surface area (Å²) in [5.74, 6) is -0.219. The summed E-state index contributed by atoms with van der Waals surface area (Å²) in [6.07, 6.45) is 2.37. The maximum Gasteiger partial charge on any atom is 0.255 e. The van der Waals surface area contributed by atoms with E-state index in [1.807, 2.05) is 60.7 Å². The van der Waals surface area contributed by atoms with Gasteiger partial charge in [-0.2, -0.15) is 0 Å². The van der Waals surface area contributed by atoms with Crippen molar-refractivity contribution in [2.75, 3.05) is 6.54 Å². The minimum absolute atomic E-state index is 0.0981. The van der Waals surface area contributed by atoms with E-state index in [9.17, 15) is 9.59 Å². The highest BCUT2D eigenvalue weighted by atomic mass is 35.5. The van der Waals surface area contributed by atoms with E-state index in [0.717, 1.165) is 23.1 Å². The number of aliphatic hydroxyl groups excluding tert-OH is 1. The van der Waals surface area contributed by atoms with Gasteiger partial charge in [0.1, 0.15) is 6.04 Å². The Labute approximate surface area is 226 Å². The highest BCUT2D eigenvalue weighted by Gasteiger charge is 2.41. The van der Waals surface area contributed by atoms with Crippen molar-refractivity contribution in [3.8, 4) is 0 Å². The van der Waals surface area contributed by atoms with Crippen molar-refractivity contribution >= 4 is 41.4 Å². The molecule has 3 amide bonds. The summed E-state index contributed by atoms with van der Waals surface area (Å²) >= 11 is 12.5. The van der Waals surface area contributed by atoms with E-state index < -0.39 is 6.04 Å². The molecule has 37 heavy (non-hydrogen) atoms. The number of fused-ring (bicyclic) bond motifs is 1. The smallest absolute Gasteiger partial charge is 0.255 e. The van der Waals surface area contributed by atoms with Gasteiger partial charge in [0.05, 0.1) is 12.6 Å². The number of carbonyl (C=O) groups is 3. The number of nitrogens with one attached hydrogen (secondary N) is 1. The van der Waals surface area contributed by atoms with Gasteiger partial charge >= 0.3 is 0 Å². The van der Waals surface area contributed by atoms with Crippen LogP contribution in [0.4, 0.5) is 0 Å². The molecule has 2 aliphatic rings. The lowest BCUT2D eigenvalue weighted by molar-refractivity contribution is -0.128. The first kappa shape index (κ1) is 28.2. The van der Waals surface area contributed by atoms with Gasteiger partial charge in [-0.3, -0.25) is 14.4 Å². The van der Waals surface area contributed by atoms with Crippen LogP contribution in [0.3, 0.4) is 0 Å². The molecule has 0 spiro atoms. The van der Waals surface area contributed by atoms with Crippen molar-refractivity contribution in [2.45, 2.75) is 38.0 Å². The largest absolute Gasteiger partial charge is 0.392 e. The van der Waals surface area contributed by atoms with E-state index in [2.05, 4.69) is 11.1 Å². The van der Waals surface area contributed by atoms with Crippen molar-refractivity contribution < 1.29 is 19.5 Å². The Morgan fingerprint density at radius 3 is 2.30 bits per heavy atom. The number of hydrogen-bond acceptors (Lipinski definition) is 4. The number of hydrogen-bond donors (Lipinski definition) is 3. The van der Waals surface area contributed by atoms with E-state index >= 15 is 0 Å². The predicted octanol–water partition coefficient (Wildman–Crippen LogP) is 4.29. The highest BCUT2D eigenvalue weighted by molar-refractivity contribution is 6.35. The van der Waals surface area contributed by atoms with Crippen molar-refractivity contribution in [1.82, 2.24) is 10.2 Å². The normalized spacial score (nSPS) is 18.3. The summed E-state index contributed by atoms with van der Waals surface area (Å²) in [6.45, 7) is 0.793. The molecule has 0 aliphatic carbocycles. The zero-order chi connectivity index (χ0) is 26.8. The molecule has 0 saturated carbocycles. The molecule has 4 N–H and O–H groups in total. The van der Waals surface area contributed by atoms with Crippen molar-refractivity contribution in [2.24, 2.45) is 5.73 Å². The second-order valence-electron chi connectivity index (χ2n) is 8.48. The molecule has 7 nitrogen and oxygen atoms in total. The van der Waals surface area contributed by atoms with Gasteiger partial charge in [0, 0.05) is 22.2 Å². The molecule has 2 atom stereocenters. The third kappa shape index (κ3) is 7.10. The molecule has 3 aromatic rings. The Morgan fingerprint density at radius 2 is 1.68 bits per heavy atom. The second-order valence-corrected chi connectivity index (χ2v) is 9.33. The molecule has 5 rings (SSSR count). The lowest BCUT2D eigenvalue weighted by Gasteiger charge is -2.42. The number of carbonyl (C=O) groups excluding carboxylic acids is 3. The number of piperidine rings is 1. The maximum atomic E-state index is 13.3. The third-order valence-corrected chi connectivity index (χ3v) is 6.73. The molecule has 2 unspecified atom stereocenters. The number of aliphatic hydroxyl groups is 1. The number of nitrogens with two attached hydrogens (primary N) is 1.